The van der Waals surface area contributed by atoms with Crippen LogP contribution in [-0.2, 0) is 6.42 Å². The Morgan fingerprint density at radius 1 is 1.07 bits per heavy atom. The topological polar surface area (TPSA) is 33.1 Å². The molecule has 0 bridgehead atoms. The van der Waals surface area contributed by atoms with Gasteiger partial charge in [0.1, 0.15) is 0 Å². The molecule has 3 heteroatoms. The molecule has 5 rings (SSSR count). The normalized spacial score (nSPS) is 47.9. The van der Waals surface area contributed by atoms with Crippen molar-refractivity contribution in [3.8, 4) is 0 Å². The summed E-state index contributed by atoms with van der Waals surface area (Å²) in [7, 11) is 0. The molecule has 1 aromatic rings. The zero-order valence-electron chi connectivity index (χ0n) is 19.0. The number of hydrogen-bond acceptors (Lipinski definition) is 3. The number of thiazole rings is 1. The van der Waals surface area contributed by atoms with Gasteiger partial charge in [-0.2, -0.15) is 0 Å². The summed E-state index contributed by atoms with van der Waals surface area (Å²) < 4.78 is 0. The second-order valence-electron chi connectivity index (χ2n) is 11.9. The van der Waals surface area contributed by atoms with Gasteiger partial charge in [0, 0.05) is 17.5 Å². The van der Waals surface area contributed by atoms with E-state index in [2.05, 4.69) is 38.9 Å². The van der Waals surface area contributed by atoms with Gasteiger partial charge >= 0.3 is 0 Å². The van der Waals surface area contributed by atoms with Gasteiger partial charge in [-0.25, -0.2) is 4.98 Å². The molecule has 4 fully saturated rings. The average molecular weight is 416 g/mol. The minimum absolute atomic E-state index is 0.390. The highest BCUT2D eigenvalue weighted by Gasteiger charge is 2.58. The van der Waals surface area contributed by atoms with Crippen LogP contribution in [0, 0.1) is 53.8 Å². The van der Waals surface area contributed by atoms with Crippen LogP contribution in [-0.4, -0.2) is 15.7 Å². The summed E-state index contributed by atoms with van der Waals surface area (Å²) in [6, 6.07) is 0. The molecule has 1 aromatic heterocycles. The van der Waals surface area contributed by atoms with Gasteiger partial charge in [-0.1, -0.05) is 13.8 Å². The third-order valence-electron chi connectivity index (χ3n) is 10.2. The highest BCUT2D eigenvalue weighted by Crippen LogP contribution is 2.65. The Hall–Kier alpha value is -0.410. The largest absolute Gasteiger partial charge is 0.390 e. The fourth-order valence-corrected chi connectivity index (χ4v) is 9.90. The predicted molar refractivity (Wildman–Crippen MR) is 121 cm³/mol. The first-order chi connectivity index (χ1) is 13.8. The van der Waals surface area contributed by atoms with Gasteiger partial charge in [-0.05, 0) is 118 Å². The van der Waals surface area contributed by atoms with E-state index in [4.69, 9.17) is 0 Å². The van der Waals surface area contributed by atoms with E-state index in [1.165, 1.54) is 61.3 Å². The second kappa shape index (κ2) is 7.33. The summed E-state index contributed by atoms with van der Waals surface area (Å²) >= 11 is 1.90. The fraction of sp³-hybridized carbons (Fsp3) is 0.885. The van der Waals surface area contributed by atoms with E-state index in [0.29, 0.717) is 5.41 Å². The first-order valence-corrected chi connectivity index (χ1v) is 13.2. The summed E-state index contributed by atoms with van der Waals surface area (Å²) in [5.41, 5.74) is 0.166. The molecule has 162 valence electrons. The minimum Gasteiger partial charge on any atom is -0.390 e. The van der Waals surface area contributed by atoms with Crippen molar-refractivity contribution < 1.29 is 5.11 Å². The standard InChI is InChI=1S/C26H41NOS/c1-16(13-24-27-15-17(2)29-24)22-7-8-23-21-6-5-18-14-25(3,28)11-9-19(18)20(21)10-12-26(22,23)4/h15-16,18-23,28H,5-14H2,1-4H3/t16-,18+,19-,20+,21+,22+,23-,25+,26+/m0/s1. The van der Waals surface area contributed by atoms with Crippen LogP contribution in [0.4, 0.5) is 0 Å². The fourth-order valence-electron chi connectivity index (χ4n) is 8.97. The van der Waals surface area contributed by atoms with Crippen molar-refractivity contribution in [1.82, 2.24) is 4.98 Å². The number of rotatable bonds is 3. The van der Waals surface area contributed by atoms with Crippen molar-refractivity contribution in [2.24, 2.45) is 46.8 Å². The van der Waals surface area contributed by atoms with E-state index in [0.717, 1.165) is 54.3 Å². The number of aromatic nitrogens is 1. The minimum atomic E-state index is -0.390. The van der Waals surface area contributed by atoms with E-state index >= 15 is 0 Å². The van der Waals surface area contributed by atoms with Crippen molar-refractivity contribution in [2.45, 2.75) is 97.5 Å². The summed E-state index contributed by atoms with van der Waals surface area (Å²) in [4.78, 5) is 6.03. The van der Waals surface area contributed by atoms with Gasteiger partial charge in [0.15, 0.2) is 0 Å². The molecule has 0 radical (unpaired) electrons. The third-order valence-corrected chi connectivity index (χ3v) is 11.1. The van der Waals surface area contributed by atoms with Crippen molar-refractivity contribution >= 4 is 11.3 Å². The van der Waals surface area contributed by atoms with E-state index in [9.17, 15) is 5.11 Å². The molecule has 1 heterocycles. The van der Waals surface area contributed by atoms with Crippen LogP contribution in [0.3, 0.4) is 0 Å². The van der Waals surface area contributed by atoms with Crippen LogP contribution in [0.25, 0.3) is 0 Å². The zero-order chi connectivity index (χ0) is 20.4. The summed E-state index contributed by atoms with van der Waals surface area (Å²) in [5.74, 6) is 6.23. The van der Waals surface area contributed by atoms with Crippen molar-refractivity contribution in [3.63, 3.8) is 0 Å². The molecule has 0 amide bonds. The number of aryl methyl sites for hydroxylation is 1. The lowest BCUT2D eigenvalue weighted by Gasteiger charge is -2.57. The van der Waals surface area contributed by atoms with Gasteiger partial charge < -0.3 is 5.11 Å². The van der Waals surface area contributed by atoms with E-state index < -0.39 is 0 Å². The molecule has 2 nitrogen and oxygen atoms in total. The number of hydrogen-bond donors (Lipinski definition) is 1. The zero-order valence-corrected chi connectivity index (χ0v) is 19.8. The molecular formula is C26H41NOS. The maximum atomic E-state index is 10.6. The molecule has 0 saturated heterocycles. The molecular weight excluding hydrogens is 374 g/mol. The molecule has 4 aliphatic rings. The Morgan fingerprint density at radius 3 is 2.62 bits per heavy atom. The van der Waals surface area contributed by atoms with E-state index in [-0.39, 0.29) is 5.60 Å². The molecule has 4 saturated carbocycles. The van der Waals surface area contributed by atoms with Gasteiger partial charge in [0.05, 0.1) is 10.6 Å². The molecule has 0 aromatic carbocycles. The smallest absolute Gasteiger partial charge is 0.0930 e. The average Bonchev–Trinajstić information content (AvgIpc) is 3.22. The molecule has 0 unspecified atom stereocenters. The van der Waals surface area contributed by atoms with Crippen LogP contribution in [0.15, 0.2) is 6.20 Å². The summed E-state index contributed by atoms with van der Waals surface area (Å²) in [5, 5.41) is 12.0. The maximum absolute atomic E-state index is 10.6. The molecule has 0 aliphatic heterocycles. The maximum Gasteiger partial charge on any atom is 0.0930 e. The van der Waals surface area contributed by atoms with Crippen LogP contribution in [0.1, 0.15) is 88.4 Å². The van der Waals surface area contributed by atoms with E-state index in [1.54, 1.807) is 0 Å². The lowest BCUT2D eigenvalue weighted by molar-refractivity contribution is -0.102. The molecule has 1 N–H and O–H groups in total. The highest BCUT2D eigenvalue weighted by atomic mass is 32.1. The first kappa shape index (κ1) is 20.5. The Labute approximate surface area is 181 Å². The van der Waals surface area contributed by atoms with Crippen LogP contribution >= 0.6 is 11.3 Å². The number of nitrogens with zero attached hydrogens (tertiary/aromatic N) is 1. The molecule has 29 heavy (non-hydrogen) atoms. The second-order valence-corrected chi connectivity index (χ2v) is 13.3. The van der Waals surface area contributed by atoms with Crippen molar-refractivity contribution in [1.29, 1.82) is 0 Å². The SMILES string of the molecule is Cc1cnc(C[C@H](C)[C@H]2CC[C@H]3[C@@H]4CC[C@@H]5C[C@](C)(O)CC[C@@H]5[C@H]4CC[C@]23C)s1. The van der Waals surface area contributed by atoms with Crippen LogP contribution < -0.4 is 0 Å². The Morgan fingerprint density at radius 2 is 1.86 bits per heavy atom. The lowest BCUT2D eigenvalue weighted by Crippen LogP contribution is -2.50. The summed E-state index contributed by atoms with van der Waals surface area (Å²) in [6.07, 6.45) is 15.3. The number of aliphatic hydroxyl groups is 1. The summed E-state index contributed by atoms with van der Waals surface area (Å²) in [6.45, 7) is 9.45. The third kappa shape index (κ3) is 3.53. The Kier molecular flexibility index (Phi) is 5.18. The van der Waals surface area contributed by atoms with Crippen LogP contribution in [0.2, 0.25) is 0 Å². The Bertz CT molecular complexity index is 741. The Balaban J connectivity index is 1.31. The lowest BCUT2D eigenvalue weighted by atomic mass is 9.48. The quantitative estimate of drug-likeness (QED) is 0.599. The van der Waals surface area contributed by atoms with Crippen molar-refractivity contribution in [3.05, 3.63) is 16.1 Å². The predicted octanol–water partition coefficient (Wildman–Crippen LogP) is 6.65. The number of fused-ring (bicyclic) bond motifs is 5. The molecule has 0 spiro atoms. The van der Waals surface area contributed by atoms with Gasteiger partial charge in [-0.3, -0.25) is 0 Å². The van der Waals surface area contributed by atoms with Gasteiger partial charge in [0.2, 0.25) is 0 Å². The van der Waals surface area contributed by atoms with Crippen LogP contribution in [0.5, 0.6) is 0 Å². The van der Waals surface area contributed by atoms with Gasteiger partial charge in [-0.15, -0.1) is 11.3 Å². The monoisotopic (exact) mass is 415 g/mol. The van der Waals surface area contributed by atoms with Gasteiger partial charge in [0.25, 0.3) is 0 Å². The molecule has 4 aliphatic carbocycles. The highest BCUT2D eigenvalue weighted by molar-refractivity contribution is 7.11. The first-order valence-electron chi connectivity index (χ1n) is 12.4. The van der Waals surface area contributed by atoms with Crippen molar-refractivity contribution in [2.75, 3.05) is 0 Å². The van der Waals surface area contributed by atoms with E-state index in [1.807, 2.05) is 11.3 Å². The molecule has 9 atom stereocenters.